The summed E-state index contributed by atoms with van der Waals surface area (Å²) in [5.74, 6) is 0. The first-order chi connectivity index (χ1) is 5.31. The number of hydrogen-bond donors (Lipinski definition) is 0. The maximum absolute atomic E-state index is 5.14. The second kappa shape index (κ2) is 7.80. The first-order valence-electron chi connectivity index (χ1n) is 4.45. The summed E-state index contributed by atoms with van der Waals surface area (Å²) in [5.41, 5.74) is 0. The lowest BCUT2D eigenvalue weighted by Crippen LogP contribution is -2.03. The standard InChI is InChI=1S/C10H20O/c1-4-5-6-7-8-9-10(2)11-3/h4-5,10H,6-9H2,1-3H3/b5-4+/t10-/m0/s1. The maximum atomic E-state index is 5.14. The fraction of sp³-hybridized carbons (Fsp3) is 0.800. The summed E-state index contributed by atoms with van der Waals surface area (Å²) in [6.07, 6.45) is 9.73. The summed E-state index contributed by atoms with van der Waals surface area (Å²) in [5, 5.41) is 0. The first-order valence-corrected chi connectivity index (χ1v) is 4.45. The lowest BCUT2D eigenvalue weighted by atomic mass is 10.1. The molecule has 0 bridgehead atoms. The molecule has 1 atom stereocenters. The summed E-state index contributed by atoms with van der Waals surface area (Å²) < 4.78 is 5.14. The third-order valence-corrected chi connectivity index (χ3v) is 1.87. The van der Waals surface area contributed by atoms with Crippen LogP contribution in [0.4, 0.5) is 0 Å². The minimum Gasteiger partial charge on any atom is -0.382 e. The Morgan fingerprint density at radius 1 is 1.36 bits per heavy atom. The fourth-order valence-corrected chi connectivity index (χ4v) is 0.979. The van der Waals surface area contributed by atoms with Gasteiger partial charge < -0.3 is 4.74 Å². The van der Waals surface area contributed by atoms with Crippen molar-refractivity contribution in [2.24, 2.45) is 0 Å². The van der Waals surface area contributed by atoms with E-state index >= 15 is 0 Å². The number of rotatable bonds is 6. The highest BCUT2D eigenvalue weighted by Gasteiger charge is 1.96. The van der Waals surface area contributed by atoms with Gasteiger partial charge in [0.1, 0.15) is 0 Å². The van der Waals surface area contributed by atoms with E-state index in [4.69, 9.17) is 4.74 Å². The van der Waals surface area contributed by atoms with Gasteiger partial charge in [0.15, 0.2) is 0 Å². The van der Waals surface area contributed by atoms with Gasteiger partial charge in [0.05, 0.1) is 6.10 Å². The predicted octanol–water partition coefficient (Wildman–Crippen LogP) is 3.16. The Balaban J connectivity index is 3.01. The molecular formula is C10H20O. The van der Waals surface area contributed by atoms with Gasteiger partial charge in [-0.15, -0.1) is 0 Å². The summed E-state index contributed by atoms with van der Waals surface area (Å²) in [7, 11) is 1.77. The van der Waals surface area contributed by atoms with Gasteiger partial charge >= 0.3 is 0 Å². The molecule has 1 nitrogen and oxygen atoms in total. The van der Waals surface area contributed by atoms with E-state index < -0.39 is 0 Å². The van der Waals surface area contributed by atoms with Crippen molar-refractivity contribution < 1.29 is 4.74 Å². The number of hydrogen-bond acceptors (Lipinski definition) is 1. The average molecular weight is 156 g/mol. The van der Waals surface area contributed by atoms with Crippen molar-refractivity contribution >= 4 is 0 Å². The highest BCUT2D eigenvalue weighted by Crippen LogP contribution is 2.05. The van der Waals surface area contributed by atoms with Gasteiger partial charge in [-0.1, -0.05) is 18.6 Å². The van der Waals surface area contributed by atoms with E-state index in [9.17, 15) is 0 Å². The molecular weight excluding hydrogens is 136 g/mol. The Morgan fingerprint density at radius 2 is 2.09 bits per heavy atom. The molecule has 0 rings (SSSR count). The van der Waals surface area contributed by atoms with Crippen LogP contribution in [-0.2, 0) is 4.74 Å². The Morgan fingerprint density at radius 3 is 2.64 bits per heavy atom. The van der Waals surface area contributed by atoms with Crippen molar-refractivity contribution in [1.82, 2.24) is 0 Å². The quantitative estimate of drug-likeness (QED) is 0.424. The van der Waals surface area contributed by atoms with Crippen molar-refractivity contribution in [3.05, 3.63) is 12.2 Å². The van der Waals surface area contributed by atoms with Crippen LogP contribution in [0.15, 0.2) is 12.2 Å². The topological polar surface area (TPSA) is 9.23 Å². The van der Waals surface area contributed by atoms with Gasteiger partial charge in [-0.3, -0.25) is 0 Å². The van der Waals surface area contributed by atoms with E-state index in [-0.39, 0.29) is 0 Å². The second-order valence-electron chi connectivity index (χ2n) is 2.90. The van der Waals surface area contributed by atoms with E-state index in [2.05, 4.69) is 26.0 Å². The molecule has 0 saturated carbocycles. The van der Waals surface area contributed by atoms with Crippen molar-refractivity contribution in [2.75, 3.05) is 7.11 Å². The number of allylic oxidation sites excluding steroid dienone is 2. The fourth-order valence-electron chi connectivity index (χ4n) is 0.979. The zero-order chi connectivity index (χ0) is 8.53. The van der Waals surface area contributed by atoms with Crippen LogP contribution in [0.5, 0.6) is 0 Å². The van der Waals surface area contributed by atoms with E-state index in [1.807, 2.05) is 0 Å². The Hall–Kier alpha value is -0.300. The van der Waals surface area contributed by atoms with Crippen LogP contribution < -0.4 is 0 Å². The highest BCUT2D eigenvalue weighted by molar-refractivity contribution is 4.76. The van der Waals surface area contributed by atoms with Crippen LogP contribution in [0, 0.1) is 0 Å². The van der Waals surface area contributed by atoms with E-state index in [1.165, 1.54) is 25.7 Å². The van der Waals surface area contributed by atoms with Gasteiger partial charge in [0, 0.05) is 7.11 Å². The van der Waals surface area contributed by atoms with Crippen molar-refractivity contribution in [1.29, 1.82) is 0 Å². The molecule has 0 aliphatic rings. The largest absolute Gasteiger partial charge is 0.382 e. The molecule has 0 saturated heterocycles. The normalized spacial score (nSPS) is 14.1. The Labute approximate surface area is 70.4 Å². The van der Waals surface area contributed by atoms with Crippen LogP contribution in [-0.4, -0.2) is 13.2 Å². The van der Waals surface area contributed by atoms with Crippen molar-refractivity contribution in [2.45, 2.75) is 45.6 Å². The molecule has 0 aliphatic carbocycles. The molecule has 0 heterocycles. The smallest absolute Gasteiger partial charge is 0.0543 e. The zero-order valence-corrected chi connectivity index (χ0v) is 7.97. The molecule has 0 unspecified atom stereocenters. The molecule has 0 amide bonds. The molecule has 1 heteroatoms. The van der Waals surface area contributed by atoms with Crippen molar-refractivity contribution in [3.63, 3.8) is 0 Å². The predicted molar refractivity (Wildman–Crippen MR) is 49.8 cm³/mol. The SMILES string of the molecule is C/C=C/CCCC[C@H](C)OC. The molecule has 0 aliphatic heterocycles. The third-order valence-electron chi connectivity index (χ3n) is 1.87. The minimum absolute atomic E-state index is 0.431. The van der Waals surface area contributed by atoms with Crippen molar-refractivity contribution in [3.8, 4) is 0 Å². The van der Waals surface area contributed by atoms with Gasteiger partial charge in [-0.2, -0.15) is 0 Å². The molecule has 0 aromatic carbocycles. The Kier molecular flexibility index (Phi) is 7.59. The maximum Gasteiger partial charge on any atom is 0.0543 e. The lowest BCUT2D eigenvalue weighted by Gasteiger charge is -2.07. The number of unbranched alkanes of at least 4 members (excludes halogenated alkanes) is 2. The van der Waals surface area contributed by atoms with E-state index in [0.29, 0.717) is 6.10 Å². The second-order valence-corrected chi connectivity index (χ2v) is 2.90. The third kappa shape index (κ3) is 7.60. The number of ether oxygens (including phenoxy) is 1. The lowest BCUT2D eigenvalue weighted by molar-refractivity contribution is 0.108. The van der Waals surface area contributed by atoms with Gasteiger partial charge in [0.25, 0.3) is 0 Å². The Bertz CT molecular complexity index is 97.0. The molecule has 0 radical (unpaired) electrons. The first kappa shape index (κ1) is 10.7. The average Bonchev–Trinajstić information content (AvgIpc) is 2.04. The molecule has 0 aromatic heterocycles. The van der Waals surface area contributed by atoms with Crippen LogP contribution in [0.1, 0.15) is 39.5 Å². The monoisotopic (exact) mass is 156 g/mol. The van der Waals surface area contributed by atoms with Crippen LogP contribution in [0.2, 0.25) is 0 Å². The van der Waals surface area contributed by atoms with Crippen LogP contribution >= 0.6 is 0 Å². The zero-order valence-electron chi connectivity index (χ0n) is 7.97. The summed E-state index contributed by atoms with van der Waals surface area (Å²) >= 11 is 0. The minimum atomic E-state index is 0.431. The summed E-state index contributed by atoms with van der Waals surface area (Å²) in [6.45, 7) is 4.19. The van der Waals surface area contributed by atoms with E-state index in [1.54, 1.807) is 7.11 Å². The molecule has 0 spiro atoms. The molecule has 66 valence electrons. The van der Waals surface area contributed by atoms with Gasteiger partial charge in [-0.05, 0) is 33.1 Å². The summed E-state index contributed by atoms with van der Waals surface area (Å²) in [6, 6.07) is 0. The summed E-state index contributed by atoms with van der Waals surface area (Å²) in [4.78, 5) is 0. The highest BCUT2D eigenvalue weighted by atomic mass is 16.5. The van der Waals surface area contributed by atoms with E-state index in [0.717, 1.165) is 0 Å². The molecule has 0 aromatic rings. The van der Waals surface area contributed by atoms with Gasteiger partial charge in [0.2, 0.25) is 0 Å². The van der Waals surface area contributed by atoms with Gasteiger partial charge in [-0.25, -0.2) is 0 Å². The molecule has 0 N–H and O–H groups in total. The molecule has 11 heavy (non-hydrogen) atoms. The number of methoxy groups -OCH3 is 1. The van der Waals surface area contributed by atoms with Crippen LogP contribution in [0.25, 0.3) is 0 Å². The van der Waals surface area contributed by atoms with Crippen LogP contribution in [0.3, 0.4) is 0 Å². The molecule has 0 fully saturated rings.